The molecule has 0 aromatic heterocycles. The monoisotopic (exact) mass is 198 g/mol. The lowest BCUT2D eigenvalue weighted by Gasteiger charge is -2.44. The fraction of sp³-hybridized carbons (Fsp3) is 1.00. The summed E-state index contributed by atoms with van der Waals surface area (Å²) in [6.45, 7) is 2.71. The summed E-state index contributed by atoms with van der Waals surface area (Å²) in [6.07, 6.45) is 7.14. The molecule has 3 heterocycles. The number of ether oxygens (including phenoxy) is 1. The molecule has 14 heavy (non-hydrogen) atoms. The summed E-state index contributed by atoms with van der Waals surface area (Å²) < 4.78 is 5.80. The fourth-order valence-electron chi connectivity index (χ4n) is 3.03. The Bertz CT molecular complexity index is 225. The van der Waals surface area contributed by atoms with Gasteiger partial charge < -0.3 is 4.74 Å². The van der Waals surface area contributed by atoms with E-state index in [0.29, 0.717) is 5.92 Å². The normalized spacial score (nSPS) is 52.5. The van der Waals surface area contributed by atoms with E-state index in [1.54, 1.807) is 0 Å². The molecular formula is C11H18O3. The molecule has 3 atom stereocenters. The van der Waals surface area contributed by atoms with Crippen molar-refractivity contribution < 1.29 is 14.5 Å². The molecule has 3 aliphatic heterocycles. The predicted molar refractivity (Wildman–Crippen MR) is 50.5 cm³/mol. The smallest absolute Gasteiger partial charge is 0.198 e. The molecule has 2 bridgehead atoms. The minimum absolute atomic E-state index is 0.103. The molecule has 4 aliphatic rings. The Morgan fingerprint density at radius 1 is 1.07 bits per heavy atom. The van der Waals surface area contributed by atoms with Crippen LogP contribution in [0.5, 0.6) is 0 Å². The molecule has 1 saturated carbocycles. The van der Waals surface area contributed by atoms with Gasteiger partial charge in [-0.2, -0.15) is 0 Å². The Hall–Kier alpha value is -0.120. The van der Waals surface area contributed by atoms with Crippen molar-refractivity contribution in [2.24, 2.45) is 5.92 Å². The highest BCUT2D eigenvalue weighted by atomic mass is 17.2. The van der Waals surface area contributed by atoms with Gasteiger partial charge in [-0.25, -0.2) is 9.78 Å². The summed E-state index contributed by atoms with van der Waals surface area (Å²) in [4.78, 5) is 11.1. The van der Waals surface area contributed by atoms with Crippen molar-refractivity contribution in [2.75, 3.05) is 6.61 Å². The first kappa shape index (κ1) is 9.13. The van der Waals surface area contributed by atoms with Gasteiger partial charge in [0.15, 0.2) is 5.79 Å². The van der Waals surface area contributed by atoms with E-state index < -0.39 is 5.79 Å². The molecular weight excluding hydrogens is 180 g/mol. The zero-order chi connectivity index (χ0) is 9.65. The first-order valence-corrected chi connectivity index (χ1v) is 5.73. The van der Waals surface area contributed by atoms with Crippen molar-refractivity contribution in [1.29, 1.82) is 0 Å². The lowest BCUT2D eigenvalue weighted by molar-refractivity contribution is -0.507. The van der Waals surface area contributed by atoms with Crippen molar-refractivity contribution in [1.82, 2.24) is 0 Å². The molecule has 4 fully saturated rings. The average Bonchev–Trinajstić information content (AvgIpc) is 2.45. The van der Waals surface area contributed by atoms with Crippen LogP contribution >= 0.6 is 0 Å². The van der Waals surface area contributed by atoms with Gasteiger partial charge in [-0.3, -0.25) is 0 Å². The second-order valence-corrected chi connectivity index (χ2v) is 5.14. The topological polar surface area (TPSA) is 27.7 Å². The molecule has 0 aromatic rings. The number of hydrogen-bond donors (Lipinski definition) is 0. The zero-order valence-corrected chi connectivity index (χ0v) is 8.75. The van der Waals surface area contributed by atoms with Gasteiger partial charge in [-0.1, -0.05) is 12.8 Å². The molecule has 3 nitrogen and oxygen atoms in total. The molecule has 0 N–H and O–H groups in total. The Labute approximate surface area is 84.6 Å². The van der Waals surface area contributed by atoms with Crippen molar-refractivity contribution in [3.63, 3.8) is 0 Å². The molecule has 0 radical (unpaired) electrons. The molecule has 1 unspecified atom stereocenters. The van der Waals surface area contributed by atoms with Crippen LogP contribution in [0.3, 0.4) is 0 Å². The Morgan fingerprint density at radius 3 is 2.79 bits per heavy atom. The summed E-state index contributed by atoms with van der Waals surface area (Å²) in [5.74, 6) is 0.184. The van der Waals surface area contributed by atoms with Gasteiger partial charge in [0.25, 0.3) is 0 Å². The van der Waals surface area contributed by atoms with Crippen molar-refractivity contribution in [3.8, 4) is 0 Å². The minimum atomic E-state index is -0.470. The number of rotatable bonds is 0. The third-order valence-electron chi connectivity index (χ3n) is 4.10. The third-order valence-corrected chi connectivity index (χ3v) is 4.10. The first-order valence-electron chi connectivity index (χ1n) is 5.73. The highest BCUT2D eigenvalue weighted by molar-refractivity contribution is 4.96. The molecule has 3 heteroatoms. The molecule has 1 aliphatic carbocycles. The van der Waals surface area contributed by atoms with Crippen LogP contribution in [0.4, 0.5) is 0 Å². The number of hydrogen-bond acceptors (Lipinski definition) is 3. The maximum Gasteiger partial charge on any atom is 0.198 e. The molecule has 0 aromatic carbocycles. The van der Waals surface area contributed by atoms with Gasteiger partial charge >= 0.3 is 0 Å². The average molecular weight is 198 g/mol. The lowest BCUT2D eigenvalue weighted by Crippen LogP contribution is -2.52. The summed E-state index contributed by atoms with van der Waals surface area (Å²) in [7, 11) is 0. The quantitative estimate of drug-likeness (QED) is 0.559. The van der Waals surface area contributed by atoms with Crippen LogP contribution in [0.25, 0.3) is 0 Å². The van der Waals surface area contributed by atoms with Crippen LogP contribution in [0.1, 0.15) is 45.4 Å². The summed E-state index contributed by atoms with van der Waals surface area (Å²) in [5.41, 5.74) is -0.103. The van der Waals surface area contributed by atoms with E-state index in [2.05, 4.69) is 0 Å². The molecule has 4 rings (SSSR count). The molecule has 80 valence electrons. The van der Waals surface area contributed by atoms with Gasteiger partial charge in [0, 0.05) is 6.42 Å². The standard InChI is InChI=1S/C11H18O3/c1-10-7-5-9-4-2-3-6-11(9,8-12-10)14-13-10/h9H,2-8H2,1H3/t9?,10-,11-/m1/s1. The lowest BCUT2D eigenvalue weighted by atomic mass is 9.74. The summed E-state index contributed by atoms with van der Waals surface area (Å²) >= 11 is 0. The van der Waals surface area contributed by atoms with Crippen molar-refractivity contribution in [3.05, 3.63) is 0 Å². The van der Waals surface area contributed by atoms with Crippen molar-refractivity contribution >= 4 is 0 Å². The van der Waals surface area contributed by atoms with E-state index in [0.717, 1.165) is 19.4 Å². The van der Waals surface area contributed by atoms with Crippen LogP contribution in [-0.2, 0) is 14.5 Å². The predicted octanol–water partition coefficient (Wildman–Crippen LogP) is 2.40. The van der Waals surface area contributed by atoms with Crippen LogP contribution in [0.2, 0.25) is 0 Å². The van der Waals surface area contributed by atoms with Gasteiger partial charge in [0.2, 0.25) is 0 Å². The van der Waals surface area contributed by atoms with Crippen molar-refractivity contribution in [2.45, 2.75) is 56.8 Å². The summed E-state index contributed by atoms with van der Waals surface area (Å²) in [5, 5.41) is 0. The van der Waals surface area contributed by atoms with Crippen LogP contribution in [0, 0.1) is 5.92 Å². The zero-order valence-electron chi connectivity index (χ0n) is 8.75. The third kappa shape index (κ3) is 1.23. The summed E-state index contributed by atoms with van der Waals surface area (Å²) in [6, 6.07) is 0. The first-order chi connectivity index (χ1) is 6.73. The van der Waals surface area contributed by atoms with Gasteiger partial charge in [0.05, 0.1) is 6.61 Å². The van der Waals surface area contributed by atoms with Gasteiger partial charge in [0.1, 0.15) is 5.60 Å². The Kier molecular flexibility index (Phi) is 1.92. The Morgan fingerprint density at radius 2 is 2.00 bits per heavy atom. The van der Waals surface area contributed by atoms with E-state index in [1.807, 2.05) is 6.92 Å². The van der Waals surface area contributed by atoms with E-state index in [1.165, 1.54) is 25.7 Å². The maximum atomic E-state index is 5.80. The number of fused-ring (bicyclic) bond motifs is 3. The highest BCUT2D eigenvalue weighted by Crippen LogP contribution is 2.48. The highest BCUT2D eigenvalue weighted by Gasteiger charge is 2.53. The van der Waals surface area contributed by atoms with Crippen LogP contribution in [0.15, 0.2) is 0 Å². The Balaban J connectivity index is 1.89. The molecule has 3 saturated heterocycles. The maximum absolute atomic E-state index is 5.80. The second-order valence-electron chi connectivity index (χ2n) is 5.14. The fourth-order valence-corrected chi connectivity index (χ4v) is 3.03. The van der Waals surface area contributed by atoms with E-state index in [-0.39, 0.29) is 5.60 Å². The minimum Gasteiger partial charge on any atom is -0.344 e. The van der Waals surface area contributed by atoms with Gasteiger partial charge in [-0.15, -0.1) is 0 Å². The van der Waals surface area contributed by atoms with E-state index >= 15 is 0 Å². The van der Waals surface area contributed by atoms with Crippen LogP contribution in [-0.4, -0.2) is 18.0 Å². The molecule has 0 amide bonds. The van der Waals surface area contributed by atoms with E-state index in [9.17, 15) is 0 Å². The van der Waals surface area contributed by atoms with E-state index in [4.69, 9.17) is 14.5 Å². The second kappa shape index (κ2) is 2.94. The largest absolute Gasteiger partial charge is 0.344 e. The van der Waals surface area contributed by atoms with Crippen LogP contribution < -0.4 is 0 Å². The molecule has 1 spiro atoms. The van der Waals surface area contributed by atoms with Gasteiger partial charge in [-0.05, 0) is 32.1 Å². The SMILES string of the molecule is C[C@@]12CCC3CCCC[C@]3(CO1)OO2.